The summed E-state index contributed by atoms with van der Waals surface area (Å²) in [4.78, 5) is 7.16. The largest absolute Gasteiger partial charge is 0.345 e. The summed E-state index contributed by atoms with van der Waals surface area (Å²) in [6, 6.07) is 0. The third-order valence-corrected chi connectivity index (χ3v) is 1.41. The van der Waals surface area contributed by atoms with Gasteiger partial charge in [-0.1, -0.05) is 12.7 Å². The molecule has 2 nitrogen and oxygen atoms in total. The second-order valence-electron chi connectivity index (χ2n) is 2.45. The normalized spacial score (nSPS) is 10.7. The minimum atomic E-state index is 0.947. The number of rotatable bonds is 2. The maximum absolute atomic E-state index is 4.13. The monoisotopic (exact) mass is 148 g/mol. The first-order valence-corrected chi connectivity index (χ1v) is 3.57. The van der Waals surface area contributed by atoms with E-state index in [4.69, 9.17) is 0 Å². The molecule has 1 heterocycles. The molecule has 0 spiro atoms. The van der Waals surface area contributed by atoms with Crippen molar-refractivity contribution in [3.8, 4) is 0 Å². The van der Waals surface area contributed by atoms with Crippen molar-refractivity contribution < 1.29 is 0 Å². The average molecular weight is 148 g/mol. The Morgan fingerprint density at radius 3 is 3.00 bits per heavy atom. The molecular weight excluding hydrogens is 136 g/mol. The van der Waals surface area contributed by atoms with Crippen molar-refractivity contribution in [1.82, 2.24) is 9.97 Å². The maximum atomic E-state index is 4.13. The molecule has 0 bridgehead atoms. The van der Waals surface area contributed by atoms with E-state index >= 15 is 0 Å². The smallest absolute Gasteiger partial charge is 0.0931 e. The summed E-state index contributed by atoms with van der Waals surface area (Å²) in [6.07, 6.45) is 5.64. The van der Waals surface area contributed by atoms with Crippen LogP contribution >= 0.6 is 0 Å². The van der Waals surface area contributed by atoms with E-state index in [1.807, 2.05) is 26.0 Å². The predicted octanol–water partition coefficient (Wildman–Crippen LogP) is 2.48. The Labute approximate surface area is 66.7 Å². The van der Waals surface area contributed by atoms with Crippen molar-refractivity contribution in [2.24, 2.45) is 0 Å². The average Bonchev–Trinajstić information content (AvgIpc) is 2.36. The molecule has 0 aliphatic heterocycles. The van der Waals surface area contributed by atoms with Crippen molar-refractivity contribution in [3.05, 3.63) is 30.4 Å². The first-order valence-electron chi connectivity index (χ1n) is 3.57. The molecule has 0 unspecified atom stereocenters. The van der Waals surface area contributed by atoms with Crippen molar-refractivity contribution in [3.63, 3.8) is 0 Å². The number of aromatic nitrogens is 2. The van der Waals surface area contributed by atoms with Crippen LogP contribution in [0.15, 0.2) is 19.0 Å². The highest BCUT2D eigenvalue weighted by Crippen LogP contribution is 2.13. The molecule has 1 N–H and O–H groups in total. The summed E-state index contributed by atoms with van der Waals surface area (Å²) in [7, 11) is 0. The Morgan fingerprint density at radius 2 is 2.45 bits per heavy atom. The summed E-state index contributed by atoms with van der Waals surface area (Å²) in [5.41, 5.74) is 2.96. The van der Waals surface area contributed by atoms with E-state index in [9.17, 15) is 0 Å². The Hall–Kier alpha value is -1.31. The van der Waals surface area contributed by atoms with Crippen molar-refractivity contribution in [1.29, 1.82) is 0 Å². The Balaban J connectivity index is 3.05. The molecule has 2 heteroatoms. The Bertz CT molecular complexity index is 282. The molecule has 0 radical (unpaired) electrons. The number of imidazole rings is 1. The summed E-state index contributed by atoms with van der Waals surface area (Å²) in [6.45, 7) is 7.75. The maximum Gasteiger partial charge on any atom is 0.0931 e. The first-order chi connectivity index (χ1) is 5.25. The molecule has 1 rings (SSSR count). The van der Waals surface area contributed by atoms with Crippen LogP contribution in [0.3, 0.4) is 0 Å². The van der Waals surface area contributed by atoms with Gasteiger partial charge in [-0.2, -0.15) is 0 Å². The Kier molecular flexibility index (Phi) is 2.26. The lowest BCUT2D eigenvalue weighted by atomic mass is 10.2. The van der Waals surface area contributed by atoms with E-state index < -0.39 is 0 Å². The van der Waals surface area contributed by atoms with E-state index in [1.54, 1.807) is 6.33 Å². The fourth-order valence-corrected chi connectivity index (χ4v) is 0.938. The van der Waals surface area contributed by atoms with Crippen LogP contribution < -0.4 is 0 Å². The molecule has 0 saturated carbocycles. The van der Waals surface area contributed by atoms with E-state index in [0.29, 0.717) is 0 Å². The van der Waals surface area contributed by atoms with Crippen LogP contribution in [0.4, 0.5) is 0 Å². The number of aromatic amines is 1. The second-order valence-corrected chi connectivity index (χ2v) is 2.45. The molecule has 0 aliphatic rings. The summed E-state index contributed by atoms with van der Waals surface area (Å²) in [5.74, 6) is 0. The topological polar surface area (TPSA) is 28.7 Å². The fraction of sp³-hybridized carbons (Fsp3) is 0.222. The summed E-state index contributed by atoms with van der Waals surface area (Å²) in [5, 5.41) is 0. The van der Waals surface area contributed by atoms with Gasteiger partial charge in [0.1, 0.15) is 0 Å². The van der Waals surface area contributed by atoms with Crippen LogP contribution in [0.5, 0.6) is 0 Å². The third kappa shape index (κ3) is 1.58. The SMILES string of the molecule is C=C(C)c1nc[nH]c1/C=C\C. The minimum absolute atomic E-state index is 0.947. The van der Waals surface area contributed by atoms with Crippen molar-refractivity contribution in [2.75, 3.05) is 0 Å². The van der Waals surface area contributed by atoms with Crippen molar-refractivity contribution in [2.45, 2.75) is 13.8 Å². The zero-order chi connectivity index (χ0) is 8.27. The van der Waals surface area contributed by atoms with E-state index in [0.717, 1.165) is 17.0 Å². The molecule has 58 valence electrons. The van der Waals surface area contributed by atoms with Crippen LogP contribution in [0, 0.1) is 0 Å². The summed E-state index contributed by atoms with van der Waals surface area (Å²) < 4.78 is 0. The molecule has 0 atom stereocenters. The molecule has 0 saturated heterocycles. The number of allylic oxidation sites excluding steroid dienone is 2. The second kappa shape index (κ2) is 3.19. The van der Waals surface area contributed by atoms with Crippen LogP contribution in [0.2, 0.25) is 0 Å². The van der Waals surface area contributed by atoms with Crippen molar-refractivity contribution >= 4 is 11.6 Å². The van der Waals surface area contributed by atoms with E-state index in [1.165, 1.54) is 0 Å². The van der Waals surface area contributed by atoms with E-state index in [2.05, 4.69) is 16.5 Å². The molecule has 11 heavy (non-hydrogen) atoms. The number of nitrogens with zero attached hydrogens (tertiary/aromatic N) is 1. The number of hydrogen-bond acceptors (Lipinski definition) is 1. The van der Waals surface area contributed by atoms with Crippen LogP contribution in [-0.4, -0.2) is 9.97 Å². The van der Waals surface area contributed by atoms with Gasteiger partial charge in [0.2, 0.25) is 0 Å². The van der Waals surface area contributed by atoms with Gasteiger partial charge < -0.3 is 4.98 Å². The van der Waals surface area contributed by atoms with Gasteiger partial charge in [-0.15, -0.1) is 0 Å². The van der Waals surface area contributed by atoms with Gasteiger partial charge in [-0.3, -0.25) is 0 Å². The summed E-state index contributed by atoms with van der Waals surface area (Å²) >= 11 is 0. The molecule has 0 aliphatic carbocycles. The van der Waals surface area contributed by atoms with Gasteiger partial charge in [0.05, 0.1) is 17.7 Å². The van der Waals surface area contributed by atoms with Gasteiger partial charge >= 0.3 is 0 Å². The zero-order valence-corrected chi connectivity index (χ0v) is 6.89. The van der Waals surface area contributed by atoms with Gasteiger partial charge in [-0.25, -0.2) is 4.98 Å². The highest BCUT2D eigenvalue weighted by Gasteiger charge is 2.00. The molecule has 0 fully saturated rings. The van der Waals surface area contributed by atoms with Crippen LogP contribution in [0.1, 0.15) is 25.2 Å². The standard InChI is InChI=1S/C9H12N2/c1-4-5-8-9(7(2)3)11-6-10-8/h4-6H,2H2,1,3H3,(H,10,11)/b5-4-. The molecule has 1 aromatic heterocycles. The molecule has 1 aromatic rings. The first kappa shape index (κ1) is 7.79. The molecule has 0 aromatic carbocycles. The van der Waals surface area contributed by atoms with Crippen LogP contribution in [0.25, 0.3) is 11.6 Å². The lowest BCUT2D eigenvalue weighted by Gasteiger charge is -1.93. The van der Waals surface area contributed by atoms with Gasteiger partial charge in [0.25, 0.3) is 0 Å². The molecular formula is C9H12N2. The van der Waals surface area contributed by atoms with Gasteiger partial charge in [0.15, 0.2) is 0 Å². The lowest BCUT2D eigenvalue weighted by molar-refractivity contribution is 1.29. The van der Waals surface area contributed by atoms with Crippen LogP contribution in [-0.2, 0) is 0 Å². The van der Waals surface area contributed by atoms with E-state index in [-0.39, 0.29) is 0 Å². The minimum Gasteiger partial charge on any atom is -0.345 e. The highest BCUT2D eigenvalue weighted by molar-refractivity contribution is 5.66. The zero-order valence-electron chi connectivity index (χ0n) is 6.89. The fourth-order valence-electron chi connectivity index (χ4n) is 0.938. The third-order valence-electron chi connectivity index (χ3n) is 1.41. The van der Waals surface area contributed by atoms with Gasteiger partial charge in [0, 0.05) is 0 Å². The Morgan fingerprint density at radius 1 is 1.73 bits per heavy atom. The quantitative estimate of drug-likeness (QED) is 0.685. The number of hydrogen-bond donors (Lipinski definition) is 1. The highest BCUT2D eigenvalue weighted by atomic mass is 14.9. The number of nitrogens with one attached hydrogen (secondary N) is 1. The van der Waals surface area contributed by atoms with Gasteiger partial charge in [-0.05, 0) is 25.5 Å². The number of H-pyrrole nitrogens is 1. The predicted molar refractivity (Wildman–Crippen MR) is 48.0 cm³/mol. The lowest BCUT2D eigenvalue weighted by Crippen LogP contribution is -1.81. The molecule has 0 amide bonds.